The number of carboxylic acids is 1. The van der Waals surface area contributed by atoms with Gasteiger partial charge in [0.1, 0.15) is 6.10 Å². The number of nitriles is 1. The topological polar surface area (TPSA) is 85.9 Å². The van der Waals surface area contributed by atoms with Gasteiger partial charge in [-0.3, -0.25) is 9.69 Å². The predicted octanol–water partition coefficient (Wildman–Crippen LogP) is 2.63. The molecule has 0 radical (unpaired) electrons. The molecule has 2 aliphatic heterocycles. The molecule has 1 saturated heterocycles. The van der Waals surface area contributed by atoms with Crippen LogP contribution in [0.15, 0.2) is 29.4 Å². The van der Waals surface area contributed by atoms with Gasteiger partial charge in [-0.2, -0.15) is 5.26 Å². The van der Waals surface area contributed by atoms with Gasteiger partial charge in [0.15, 0.2) is 0 Å². The number of hydrogen-bond donors (Lipinski definition) is 1. The van der Waals surface area contributed by atoms with E-state index < -0.39 is 5.97 Å². The first-order valence-electron chi connectivity index (χ1n) is 8.74. The second kappa shape index (κ2) is 7.66. The van der Waals surface area contributed by atoms with Gasteiger partial charge in [0.25, 0.3) is 0 Å². The fraction of sp³-hybridized carbons (Fsp3) is 0.526. The maximum Gasteiger partial charge on any atom is 0.303 e. The summed E-state index contributed by atoms with van der Waals surface area (Å²) in [6.45, 7) is 3.88. The molecule has 2 heterocycles. The second-order valence-corrected chi connectivity index (χ2v) is 6.99. The molecule has 0 spiro atoms. The number of benzene rings is 1. The summed E-state index contributed by atoms with van der Waals surface area (Å²) in [6.07, 6.45) is 2.90. The average molecular weight is 341 g/mol. The normalized spacial score (nSPS) is 26.6. The van der Waals surface area contributed by atoms with Crippen LogP contribution >= 0.6 is 0 Å². The van der Waals surface area contributed by atoms with E-state index >= 15 is 0 Å². The summed E-state index contributed by atoms with van der Waals surface area (Å²) in [5.41, 5.74) is 2.55. The largest absolute Gasteiger partial charge is 0.481 e. The molecular formula is C19H23N3O3. The van der Waals surface area contributed by atoms with E-state index in [4.69, 9.17) is 15.2 Å². The Morgan fingerprint density at radius 1 is 1.44 bits per heavy atom. The van der Waals surface area contributed by atoms with E-state index in [0.29, 0.717) is 11.6 Å². The van der Waals surface area contributed by atoms with E-state index in [1.807, 2.05) is 12.1 Å². The maximum absolute atomic E-state index is 10.9. The van der Waals surface area contributed by atoms with E-state index in [-0.39, 0.29) is 18.4 Å². The molecule has 0 bridgehead atoms. The fourth-order valence-corrected chi connectivity index (χ4v) is 3.72. The van der Waals surface area contributed by atoms with Crippen LogP contribution in [0.1, 0.15) is 43.7 Å². The summed E-state index contributed by atoms with van der Waals surface area (Å²) in [4.78, 5) is 18.9. The molecule has 3 rings (SSSR count). The summed E-state index contributed by atoms with van der Waals surface area (Å²) in [6, 6.07) is 9.87. The van der Waals surface area contributed by atoms with Crippen molar-refractivity contribution in [1.29, 1.82) is 5.26 Å². The van der Waals surface area contributed by atoms with Crippen LogP contribution in [-0.2, 0) is 9.63 Å². The van der Waals surface area contributed by atoms with Crippen molar-refractivity contribution in [1.82, 2.24) is 4.90 Å². The first-order valence-corrected chi connectivity index (χ1v) is 8.74. The van der Waals surface area contributed by atoms with Crippen molar-refractivity contribution in [3.8, 4) is 6.07 Å². The average Bonchev–Trinajstić information content (AvgIpc) is 3.05. The van der Waals surface area contributed by atoms with Gasteiger partial charge in [0.05, 0.1) is 17.3 Å². The standard InChI is InChI=1S/C19H23N3O3/c1-13-8-15(9-19(23)24)6-7-22(13)12-17-10-18(21-25-17)16-4-2-14(11-20)3-5-16/h2-5,13,15,17H,6-10,12H2,1H3,(H,23,24). The first kappa shape index (κ1) is 17.4. The highest BCUT2D eigenvalue weighted by Gasteiger charge is 2.31. The van der Waals surface area contributed by atoms with Crippen LogP contribution in [0.3, 0.4) is 0 Å². The van der Waals surface area contributed by atoms with Gasteiger partial charge in [0, 0.05) is 25.4 Å². The molecule has 3 atom stereocenters. The number of piperidine rings is 1. The monoisotopic (exact) mass is 341 g/mol. The van der Waals surface area contributed by atoms with Gasteiger partial charge >= 0.3 is 5.97 Å². The van der Waals surface area contributed by atoms with Crippen molar-refractivity contribution in [2.75, 3.05) is 13.1 Å². The number of hydrogen-bond acceptors (Lipinski definition) is 5. The lowest BCUT2D eigenvalue weighted by atomic mass is 9.88. The third-order valence-electron chi connectivity index (χ3n) is 5.10. The molecule has 6 heteroatoms. The molecule has 0 amide bonds. The minimum atomic E-state index is -0.703. The van der Waals surface area contributed by atoms with Crippen LogP contribution in [0.2, 0.25) is 0 Å². The summed E-state index contributed by atoms with van der Waals surface area (Å²) < 4.78 is 0. The number of aliphatic carboxylic acids is 1. The molecule has 0 aliphatic carbocycles. The van der Waals surface area contributed by atoms with Crippen LogP contribution in [0.4, 0.5) is 0 Å². The Labute approximate surface area is 147 Å². The quantitative estimate of drug-likeness (QED) is 0.890. The SMILES string of the molecule is CC1CC(CC(=O)O)CCN1CC1CC(c2ccc(C#N)cc2)=NO1. The highest BCUT2D eigenvalue weighted by molar-refractivity contribution is 6.01. The molecule has 1 aromatic rings. The molecule has 0 saturated carbocycles. The van der Waals surface area contributed by atoms with E-state index in [2.05, 4.69) is 23.0 Å². The summed E-state index contributed by atoms with van der Waals surface area (Å²) in [5, 5.41) is 22.0. The molecule has 25 heavy (non-hydrogen) atoms. The highest BCUT2D eigenvalue weighted by atomic mass is 16.6. The third-order valence-corrected chi connectivity index (χ3v) is 5.10. The lowest BCUT2D eigenvalue weighted by Crippen LogP contribution is -2.44. The number of nitrogens with zero attached hydrogens (tertiary/aromatic N) is 3. The minimum Gasteiger partial charge on any atom is -0.481 e. The summed E-state index contributed by atoms with van der Waals surface area (Å²) >= 11 is 0. The number of oxime groups is 1. The smallest absolute Gasteiger partial charge is 0.303 e. The number of carboxylic acid groups (broad SMARTS) is 1. The second-order valence-electron chi connectivity index (χ2n) is 6.99. The number of carbonyl (C=O) groups is 1. The molecule has 6 nitrogen and oxygen atoms in total. The molecule has 0 aromatic heterocycles. The Balaban J connectivity index is 1.51. The zero-order chi connectivity index (χ0) is 17.8. The third kappa shape index (κ3) is 4.37. The molecular weight excluding hydrogens is 318 g/mol. The van der Waals surface area contributed by atoms with Gasteiger partial charge < -0.3 is 9.94 Å². The van der Waals surface area contributed by atoms with E-state index in [1.165, 1.54) is 0 Å². The van der Waals surface area contributed by atoms with E-state index in [9.17, 15) is 4.79 Å². The number of likely N-dealkylation sites (tertiary alicyclic amines) is 1. The predicted molar refractivity (Wildman–Crippen MR) is 93.2 cm³/mol. The van der Waals surface area contributed by atoms with Gasteiger partial charge in [0.2, 0.25) is 0 Å². The van der Waals surface area contributed by atoms with E-state index in [0.717, 1.165) is 43.6 Å². The lowest BCUT2D eigenvalue weighted by Gasteiger charge is -2.38. The zero-order valence-corrected chi connectivity index (χ0v) is 14.4. The van der Waals surface area contributed by atoms with Crippen molar-refractivity contribution in [3.05, 3.63) is 35.4 Å². The Hall–Kier alpha value is -2.39. The lowest BCUT2D eigenvalue weighted by molar-refractivity contribution is -0.138. The van der Waals surface area contributed by atoms with Crippen molar-refractivity contribution >= 4 is 11.7 Å². The molecule has 1 N–H and O–H groups in total. The van der Waals surface area contributed by atoms with Crippen molar-refractivity contribution < 1.29 is 14.7 Å². The van der Waals surface area contributed by atoms with Crippen LogP contribution in [0, 0.1) is 17.2 Å². The van der Waals surface area contributed by atoms with Gasteiger partial charge in [-0.15, -0.1) is 0 Å². The van der Waals surface area contributed by atoms with Gasteiger partial charge in [-0.1, -0.05) is 17.3 Å². The zero-order valence-electron chi connectivity index (χ0n) is 14.4. The van der Waals surface area contributed by atoms with Crippen LogP contribution in [-0.4, -0.2) is 46.9 Å². The highest BCUT2D eigenvalue weighted by Crippen LogP contribution is 2.27. The Morgan fingerprint density at radius 2 is 2.20 bits per heavy atom. The van der Waals surface area contributed by atoms with E-state index in [1.54, 1.807) is 12.1 Å². The van der Waals surface area contributed by atoms with Crippen LogP contribution in [0.5, 0.6) is 0 Å². The van der Waals surface area contributed by atoms with Gasteiger partial charge in [-0.25, -0.2) is 0 Å². The van der Waals surface area contributed by atoms with Crippen molar-refractivity contribution in [3.63, 3.8) is 0 Å². The summed E-state index contributed by atoms with van der Waals surface area (Å²) in [5.74, 6) is -0.427. The molecule has 132 valence electrons. The molecule has 1 fully saturated rings. The molecule has 3 unspecified atom stereocenters. The first-order chi connectivity index (χ1) is 12.0. The van der Waals surface area contributed by atoms with Crippen LogP contribution < -0.4 is 0 Å². The van der Waals surface area contributed by atoms with Crippen LogP contribution in [0.25, 0.3) is 0 Å². The molecule has 2 aliphatic rings. The Kier molecular flexibility index (Phi) is 5.34. The Morgan fingerprint density at radius 3 is 2.84 bits per heavy atom. The summed E-state index contributed by atoms with van der Waals surface area (Å²) in [7, 11) is 0. The number of rotatable bonds is 5. The molecule has 1 aromatic carbocycles. The van der Waals surface area contributed by atoms with Crippen molar-refractivity contribution in [2.24, 2.45) is 11.1 Å². The van der Waals surface area contributed by atoms with Gasteiger partial charge in [-0.05, 0) is 49.9 Å². The fourth-order valence-electron chi connectivity index (χ4n) is 3.72. The Bertz CT molecular complexity index is 693. The minimum absolute atomic E-state index is 0.0316. The maximum atomic E-state index is 10.9. The van der Waals surface area contributed by atoms with Crippen molar-refractivity contribution in [2.45, 2.75) is 44.8 Å².